The number of carbonyl (C=O) groups excluding carboxylic acids is 4. The van der Waals surface area contributed by atoms with Crippen LogP contribution in [0.15, 0.2) is 89.9 Å². The predicted molar refractivity (Wildman–Crippen MR) is 174 cm³/mol. The first kappa shape index (κ1) is 32.9. The molecule has 0 aliphatic heterocycles. The number of amidine groups is 1. The zero-order valence-corrected chi connectivity index (χ0v) is 26.2. The molecule has 0 spiro atoms. The third-order valence-corrected chi connectivity index (χ3v) is 7.58. The fourth-order valence-electron chi connectivity index (χ4n) is 4.27. The van der Waals surface area contributed by atoms with E-state index in [1.54, 1.807) is 51.1 Å². The number of amides is 3. The van der Waals surface area contributed by atoms with Crippen molar-refractivity contribution in [3.05, 3.63) is 106 Å². The number of nitrogens with two attached hydrogens (primary N) is 1. The Kier molecular flexibility index (Phi) is 11.0. The van der Waals surface area contributed by atoms with Crippen LogP contribution in [0.25, 0.3) is 10.1 Å². The van der Waals surface area contributed by atoms with Gasteiger partial charge in [0, 0.05) is 23.2 Å². The number of nitrogens with zero attached hydrogens (tertiary/aromatic N) is 1. The molecule has 4 rings (SSSR count). The summed E-state index contributed by atoms with van der Waals surface area (Å²) in [5.74, 6) is -1.31. The lowest BCUT2D eigenvalue weighted by Crippen LogP contribution is -2.46. The van der Waals surface area contributed by atoms with Crippen LogP contribution in [-0.4, -0.2) is 41.4 Å². The second-order valence-electron chi connectivity index (χ2n) is 11.3. The third kappa shape index (κ3) is 10.3. The summed E-state index contributed by atoms with van der Waals surface area (Å²) in [5.41, 5.74) is 7.41. The van der Waals surface area contributed by atoms with Crippen LogP contribution in [0.3, 0.4) is 0 Å². The molecule has 0 saturated heterocycles. The third-order valence-electron chi connectivity index (χ3n) is 6.46. The monoisotopic (exact) mass is 628 g/mol. The van der Waals surface area contributed by atoms with Crippen LogP contribution in [0.5, 0.6) is 0 Å². The van der Waals surface area contributed by atoms with Crippen molar-refractivity contribution in [2.45, 2.75) is 58.4 Å². The van der Waals surface area contributed by atoms with Gasteiger partial charge in [0.1, 0.15) is 24.1 Å². The van der Waals surface area contributed by atoms with E-state index in [0.29, 0.717) is 10.4 Å². The van der Waals surface area contributed by atoms with Crippen molar-refractivity contribution in [3.63, 3.8) is 0 Å². The molecule has 1 aromatic heterocycles. The van der Waals surface area contributed by atoms with E-state index < -0.39 is 35.5 Å². The van der Waals surface area contributed by atoms with Crippen molar-refractivity contribution in [2.75, 3.05) is 0 Å². The first-order chi connectivity index (χ1) is 21.5. The fraction of sp³-hybridized carbons (Fsp3) is 0.265. The number of hydrogen-bond donors (Lipinski definition) is 3. The lowest BCUT2D eigenvalue weighted by molar-refractivity contribution is -0.155. The number of esters is 1. The molecule has 3 aromatic carbocycles. The van der Waals surface area contributed by atoms with Crippen molar-refractivity contribution in [1.82, 2.24) is 10.6 Å². The molecule has 4 N–H and O–H groups in total. The number of ether oxygens (including phenoxy) is 2. The second-order valence-corrected chi connectivity index (χ2v) is 12.3. The average molecular weight is 629 g/mol. The number of hydrogen-bond acceptors (Lipinski definition) is 7. The maximum atomic E-state index is 13.2. The Morgan fingerprint density at radius 1 is 0.911 bits per heavy atom. The Bertz CT molecular complexity index is 1640. The molecule has 0 aliphatic carbocycles. The summed E-state index contributed by atoms with van der Waals surface area (Å²) in [6.07, 6.45) is -0.796. The van der Waals surface area contributed by atoms with Gasteiger partial charge in [0.05, 0.1) is 4.88 Å². The number of thiophene rings is 1. The van der Waals surface area contributed by atoms with E-state index in [1.165, 1.54) is 11.3 Å². The van der Waals surface area contributed by atoms with Gasteiger partial charge >= 0.3 is 12.1 Å². The van der Waals surface area contributed by atoms with E-state index in [-0.39, 0.29) is 31.8 Å². The lowest BCUT2D eigenvalue weighted by atomic mass is 10.1. The standard InChI is InChI=1S/C34H36N4O6S/c1-34(2,3)44-29(39)18-17-26(37-32(41)28-19-25-11-7-8-12-27(25)45-28)31(40)36-20-22-13-15-24(16-14-22)30(35)38-33(42)43-21-23-9-5-4-6-10-23/h4-16,19,26H,17-18,20-21H2,1-3H3,(H,36,40)(H,37,41)(H2,35,38,42). The van der Waals surface area contributed by atoms with Crippen LogP contribution >= 0.6 is 11.3 Å². The maximum Gasteiger partial charge on any atom is 0.435 e. The van der Waals surface area contributed by atoms with Crippen molar-refractivity contribution in [3.8, 4) is 0 Å². The lowest BCUT2D eigenvalue weighted by Gasteiger charge is -2.21. The molecule has 1 atom stereocenters. The predicted octanol–water partition coefficient (Wildman–Crippen LogP) is 5.48. The molecule has 1 unspecified atom stereocenters. The molecule has 1 heterocycles. The Morgan fingerprint density at radius 3 is 2.29 bits per heavy atom. The number of nitrogens with one attached hydrogen (secondary N) is 2. The average Bonchev–Trinajstić information content (AvgIpc) is 3.45. The number of aliphatic imine (C=N–C) groups is 1. The highest BCUT2D eigenvalue weighted by molar-refractivity contribution is 7.20. The Balaban J connectivity index is 1.36. The quantitative estimate of drug-likeness (QED) is 0.113. The highest BCUT2D eigenvalue weighted by Gasteiger charge is 2.25. The minimum Gasteiger partial charge on any atom is -0.460 e. The molecule has 234 valence electrons. The maximum absolute atomic E-state index is 13.2. The normalized spacial score (nSPS) is 12.3. The van der Waals surface area contributed by atoms with Crippen LogP contribution in [0, 0.1) is 0 Å². The van der Waals surface area contributed by atoms with Crippen LogP contribution in [-0.2, 0) is 32.2 Å². The highest BCUT2D eigenvalue weighted by atomic mass is 32.1. The molecule has 10 nitrogen and oxygen atoms in total. The molecule has 4 aromatic rings. The molecule has 0 radical (unpaired) electrons. The highest BCUT2D eigenvalue weighted by Crippen LogP contribution is 2.25. The first-order valence-corrected chi connectivity index (χ1v) is 15.2. The molecule has 0 fully saturated rings. The zero-order valence-electron chi connectivity index (χ0n) is 25.4. The molecule has 3 amide bonds. The van der Waals surface area contributed by atoms with E-state index in [0.717, 1.165) is 21.2 Å². The van der Waals surface area contributed by atoms with Crippen LogP contribution in [0.2, 0.25) is 0 Å². The fourth-order valence-corrected chi connectivity index (χ4v) is 5.23. The molecule has 45 heavy (non-hydrogen) atoms. The van der Waals surface area contributed by atoms with E-state index in [2.05, 4.69) is 15.6 Å². The van der Waals surface area contributed by atoms with Gasteiger partial charge in [0.25, 0.3) is 5.91 Å². The number of benzene rings is 3. The Morgan fingerprint density at radius 2 is 1.60 bits per heavy atom. The molecular weight excluding hydrogens is 592 g/mol. The Hall–Kier alpha value is -5.03. The molecule has 0 bridgehead atoms. The minimum absolute atomic E-state index is 0.00481. The smallest absolute Gasteiger partial charge is 0.435 e. The van der Waals surface area contributed by atoms with Crippen LogP contribution < -0.4 is 16.4 Å². The SMILES string of the molecule is CC(C)(C)OC(=O)CCC(NC(=O)c1cc2ccccc2s1)C(=O)NCc1ccc(/C(N)=N/C(=O)OCc2ccccc2)cc1. The van der Waals surface area contributed by atoms with E-state index in [1.807, 2.05) is 54.6 Å². The van der Waals surface area contributed by atoms with Gasteiger partial charge in [-0.1, -0.05) is 72.8 Å². The summed E-state index contributed by atoms with van der Waals surface area (Å²) in [6.45, 7) is 5.53. The second kappa shape index (κ2) is 15.1. The van der Waals surface area contributed by atoms with E-state index >= 15 is 0 Å². The number of carbonyl (C=O) groups is 4. The number of rotatable bonds is 11. The summed E-state index contributed by atoms with van der Waals surface area (Å²) < 4.78 is 11.5. The van der Waals surface area contributed by atoms with Gasteiger partial charge in [-0.15, -0.1) is 11.3 Å². The van der Waals surface area contributed by atoms with Gasteiger partial charge in [-0.05, 0) is 55.8 Å². The molecule has 11 heteroatoms. The zero-order chi connectivity index (χ0) is 32.4. The largest absolute Gasteiger partial charge is 0.460 e. The molecule has 0 aliphatic rings. The number of fused-ring (bicyclic) bond motifs is 1. The topological polar surface area (TPSA) is 149 Å². The van der Waals surface area contributed by atoms with Gasteiger partial charge < -0.3 is 25.8 Å². The van der Waals surface area contributed by atoms with Crippen molar-refractivity contribution in [2.24, 2.45) is 10.7 Å². The van der Waals surface area contributed by atoms with Crippen molar-refractivity contribution >= 4 is 51.1 Å². The van der Waals surface area contributed by atoms with Crippen LogP contribution in [0.4, 0.5) is 4.79 Å². The minimum atomic E-state index is -0.973. The summed E-state index contributed by atoms with van der Waals surface area (Å²) in [6, 6.07) is 24.5. The van der Waals surface area contributed by atoms with Gasteiger partial charge in [-0.3, -0.25) is 14.4 Å². The molecular formula is C34H36N4O6S. The Labute approximate surface area is 265 Å². The summed E-state index contributed by atoms with van der Waals surface area (Å²) in [5, 5.41) is 6.55. The summed E-state index contributed by atoms with van der Waals surface area (Å²) in [7, 11) is 0. The first-order valence-electron chi connectivity index (χ1n) is 14.4. The van der Waals surface area contributed by atoms with E-state index in [9.17, 15) is 19.2 Å². The van der Waals surface area contributed by atoms with Gasteiger partial charge in [-0.25, -0.2) is 4.79 Å². The van der Waals surface area contributed by atoms with Gasteiger partial charge in [-0.2, -0.15) is 4.99 Å². The van der Waals surface area contributed by atoms with Gasteiger partial charge in [0.2, 0.25) is 5.91 Å². The van der Waals surface area contributed by atoms with Crippen molar-refractivity contribution < 1.29 is 28.7 Å². The van der Waals surface area contributed by atoms with Gasteiger partial charge in [0.15, 0.2) is 0 Å². The van der Waals surface area contributed by atoms with E-state index in [4.69, 9.17) is 15.2 Å². The molecule has 0 saturated carbocycles. The summed E-state index contributed by atoms with van der Waals surface area (Å²) in [4.78, 5) is 55.1. The van der Waals surface area contributed by atoms with Crippen molar-refractivity contribution in [1.29, 1.82) is 0 Å². The van der Waals surface area contributed by atoms with Crippen LogP contribution in [0.1, 0.15) is 60.0 Å². The summed E-state index contributed by atoms with van der Waals surface area (Å²) >= 11 is 1.33.